The highest BCUT2D eigenvalue weighted by atomic mass is 16.5. The molecule has 1 aliphatic rings. The van der Waals surface area contributed by atoms with Crippen LogP contribution in [-0.2, 0) is 4.79 Å². The minimum atomic E-state index is -0.625. The van der Waals surface area contributed by atoms with Crippen molar-refractivity contribution in [3.8, 4) is 5.75 Å². The standard InChI is InChI=1S/C21H28N4O2/c1-14-8-10-25(11-9-14)20-12-19(22-13-23-20)24-21(26)17(4)27-18-7-5-6-15(2)16(18)3/h5-7,12-14,17H,8-11H2,1-4H3,(H,22,23,24,26). The van der Waals surface area contributed by atoms with Gasteiger partial charge in [0.15, 0.2) is 6.10 Å². The van der Waals surface area contributed by atoms with Gasteiger partial charge in [0.25, 0.3) is 5.91 Å². The number of nitrogens with one attached hydrogen (secondary N) is 1. The minimum Gasteiger partial charge on any atom is -0.481 e. The number of piperidine rings is 1. The van der Waals surface area contributed by atoms with E-state index in [1.807, 2.05) is 38.1 Å². The number of carbonyl (C=O) groups is 1. The van der Waals surface area contributed by atoms with Gasteiger partial charge in [0.05, 0.1) is 0 Å². The van der Waals surface area contributed by atoms with Crippen molar-refractivity contribution in [1.29, 1.82) is 0 Å². The van der Waals surface area contributed by atoms with Crippen LogP contribution in [0, 0.1) is 19.8 Å². The smallest absolute Gasteiger partial charge is 0.266 e. The van der Waals surface area contributed by atoms with Gasteiger partial charge in [-0.1, -0.05) is 19.1 Å². The van der Waals surface area contributed by atoms with E-state index in [4.69, 9.17) is 4.74 Å². The van der Waals surface area contributed by atoms with Gasteiger partial charge in [-0.25, -0.2) is 9.97 Å². The van der Waals surface area contributed by atoms with Gasteiger partial charge in [-0.2, -0.15) is 0 Å². The summed E-state index contributed by atoms with van der Waals surface area (Å²) in [5.74, 6) is 2.61. The van der Waals surface area contributed by atoms with E-state index in [-0.39, 0.29) is 5.91 Å². The molecule has 1 aromatic carbocycles. The van der Waals surface area contributed by atoms with Crippen LogP contribution in [0.25, 0.3) is 0 Å². The summed E-state index contributed by atoms with van der Waals surface area (Å²) in [4.78, 5) is 23.3. The van der Waals surface area contributed by atoms with Crippen LogP contribution in [0.15, 0.2) is 30.6 Å². The Labute approximate surface area is 161 Å². The molecule has 0 radical (unpaired) electrons. The molecule has 2 aromatic rings. The highest BCUT2D eigenvalue weighted by Gasteiger charge is 2.19. The maximum Gasteiger partial charge on any atom is 0.266 e. The summed E-state index contributed by atoms with van der Waals surface area (Å²) in [6, 6.07) is 7.67. The number of carbonyl (C=O) groups excluding carboxylic acids is 1. The van der Waals surface area contributed by atoms with E-state index >= 15 is 0 Å². The molecule has 1 fully saturated rings. The summed E-state index contributed by atoms with van der Waals surface area (Å²) in [5.41, 5.74) is 2.18. The SMILES string of the molecule is Cc1cccc(OC(C)C(=O)Nc2cc(N3CCC(C)CC3)ncn2)c1C. The first kappa shape index (κ1) is 19.1. The highest BCUT2D eigenvalue weighted by Crippen LogP contribution is 2.24. The Morgan fingerprint density at radius 2 is 2.00 bits per heavy atom. The molecule has 2 heterocycles. The van der Waals surface area contributed by atoms with E-state index in [2.05, 4.69) is 27.1 Å². The number of amides is 1. The number of benzene rings is 1. The van der Waals surface area contributed by atoms with Crippen molar-refractivity contribution in [2.75, 3.05) is 23.3 Å². The lowest BCUT2D eigenvalue weighted by Gasteiger charge is -2.31. The Bertz CT molecular complexity index is 801. The number of anilines is 2. The van der Waals surface area contributed by atoms with Gasteiger partial charge >= 0.3 is 0 Å². The summed E-state index contributed by atoms with van der Waals surface area (Å²) in [7, 11) is 0. The molecule has 1 N–H and O–H groups in total. The lowest BCUT2D eigenvalue weighted by molar-refractivity contribution is -0.122. The summed E-state index contributed by atoms with van der Waals surface area (Å²) < 4.78 is 5.85. The number of aryl methyl sites for hydroxylation is 1. The van der Waals surface area contributed by atoms with Crippen LogP contribution in [0.4, 0.5) is 11.6 Å². The predicted molar refractivity (Wildman–Crippen MR) is 107 cm³/mol. The molecule has 1 aliphatic heterocycles. The molecule has 1 aromatic heterocycles. The van der Waals surface area contributed by atoms with Gasteiger partial charge in [0, 0.05) is 19.2 Å². The average Bonchev–Trinajstić information content (AvgIpc) is 2.66. The van der Waals surface area contributed by atoms with E-state index in [1.165, 1.54) is 6.33 Å². The van der Waals surface area contributed by atoms with E-state index in [9.17, 15) is 4.79 Å². The van der Waals surface area contributed by atoms with Gasteiger partial charge in [0.2, 0.25) is 0 Å². The molecule has 1 atom stereocenters. The van der Waals surface area contributed by atoms with Crippen LogP contribution in [0.2, 0.25) is 0 Å². The number of hydrogen-bond donors (Lipinski definition) is 1. The fourth-order valence-corrected chi connectivity index (χ4v) is 3.15. The third-order valence-electron chi connectivity index (χ3n) is 5.24. The zero-order valence-electron chi connectivity index (χ0n) is 16.5. The van der Waals surface area contributed by atoms with E-state index in [0.29, 0.717) is 5.82 Å². The summed E-state index contributed by atoms with van der Waals surface area (Å²) in [6.07, 6.45) is 3.19. The van der Waals surface area contributed by atoms with Gasteiger partial charge in [-0.3, -0.25) is 4.79 Å². The average molecular weight is 368 g/mol. The monoisotopic (exact) mass is 368 g/mol. The van der Waals surface area contributed by atoms with Gasteiger partial charge in [-0.15, -0.1) is 0 Å². The molecule has 144 valence electrons. The largest absolute Gasteiger partial charge is 0.481 e. The maximum atomic E-state index is 12.5. The molecule has 1 amide bonds. The number of aromatic nitrogens is 2. The molecule has 0 saturated carbocycles. The topological polar surface area (TPSA) is 67.3 Å². The van der Waals surface area contributed by atoms with E-state index in [1.54, 1.807) is 6.92 Å². The molecule has 0 bridgehead atoms. The Morgan fingerprint density at radius 1 is 1.26 bits per heavy atom. The Balaban J connectivity index is 1.63. The number of hydrogen-bond acceptors (Lipinski definition) is 5. The van der Waals surface area contributed by atoms with Crippen molar-refractivity contribution in [3.63, 3.8) is 0 Å². The molecule has 6 nitrogen and oxygen atoms in total. The van der Waals surface area contributed by atoms with Crippen LogP contribution in [-0.4, -0.2) is 35.1 Å². The van der Waals surface area contributed by atoms with Crippen LogP contribution in [0.3, 0.4) is 0 Å². The Morgan fingerprint density at radius 3 is 2.74 bits per heavy atom. The summed E-state index contributed by atoms with van der Waals surface area (Å²) in [5, 5.41) is 2.84. The Hall–Kier alpha value is -2.63. The van der Waals surface area contributed by atoms with Crippen molar-refractivity contribution in [2.45, 2.75) is 46.6 Å². The second-order valence-corrected chi connectivity index (χ2v) is 7.38. The molecule has 3 rings (SSSR count). The van der Waals surface area contributed by atoms with Crippen LogP contribution in [0.1, 0.15) is 37.8 Å². The lowest BCUT2D eigenvalue weighted by atomic mass is 9.99. The number of nitrogens with zero attached hydrogens (tertiary/aromatic N) is 3. The second-order valence-electron chi connectivity index (χ2n) is 7.38. The van der Waals surface area contributed by atoms with Gasteiger partial charge in [0.1, 0.15) is 23.7 Å². The predicted octanol–water partition coefficient (Wildman–Crippen LogP) is 3.74. The highest BCUT2D eigenvalue weighted by molar-refractivity contribution is 5.93. The third-order valence-corrected chi connectivity index (χ3v) is 5.24. The molecule has 0 spiro atoms. The first-order valence-electron chi connectivity index (χ1n) is 9.54. The number of ether oxygens (including phenoxy) is 1. The van der Waals surface area contributed by atoms with Crippen LogP contribution in [0.5, 0.6) is 5.75 Å². The molecular weight excluding hydrogens is 340 g/mol. The second kappa shape index (κ2) is 8.37. The zero-order chi connectivity index (χ0) is 19.4. The third kappa shape index (κ3) is 4.76. The lowest BCUT2D eigenvalue weighted by Crippen LogP contribution is -2.34. The Kier molecular flexibility index (Phi) is 5.94. The zero-order valence-corrected chi connectivity index (χ0v) is 16.5. The van der Waals surface area contributed by atoms with Crippen molar-refractivity contribution < 1.29 is 9.53 Å². The molecule has 1 unspecified atom stereocenters. The van der Waals surface area contributed by atoms with Gasteiger partial charge < -0.3 is 15.0 Å². The van der Waals surface area contributed by atoms with Crippen LogP contribution >= 0.6 is 0 Å². The minimum absolute atomic E-state index is 0.229. The van der Waals surface area contributed by atoms with Crippen LogP contribution < -0.4 is 15.0 Å². The molecule has 0 aliphatic carbocycles. The fourth-order valence-electron chi connectivity index (χ4n) is 3.15. The first-order chi connectivity index (χ1) is 12.9. The maximum absolute atomic E-state index is 12.5. The van der Waals surface area contributed by atoms with Crippen molar-refractivity contribution in [1.82, 2.24) is 9.97 Å². The summed E-state index contributed by atoms with van der Waals surface area (Å²) >= 11 is 0. The number of rotatable bonds is 5. The normalized spacial score (nSPS) is 16.1. The van der Waals surface area contributed by atoms with Crippen molar-refractivity contribution in [3.05, 3.63) is 41.7 Å². The fraction of sp³-hybridized carbons (Fsp3) is 0.476. The van der Waals surface area contributed by atoms with Crippen molar-refractivity contribution in [2.24, 2.45) is 5.92 Å². The van der Waals surface area contributed by atoms with Crippen molar-refractivity contribution >= 4 is 17.5 Å². The van der Waals surface area contributed by atoms with E-state index < -0.39 is 6.10 Å². The molecular formula is C21H28N4O2. The molecule has 1 saturated heterocycles. The molecule has 27 heavy (non-hydrogen) atoms. The van der Waals surface area contributed by atoms with E-state index in [0.717, 1.165) is 54.5 Å². The first-order valence-corrected chi connectivity index (χ1v) is 9.54. The van der Waals surface area contributed by atoms with Gasteiger partial charge in [-0.05, 0) is 56.7 Å². The summed E-state index contributed by atoms with van der Waals surface area (Å²) in [6.45, 7) is 10.0. The molecule has 6 heteroatoms. The quantitative estimate of drug-likeness (QED) is 0.871.